The number of hydrogen-bond acceptors (Lipinski definition) is 3. The van der Waals surface area contributed by atoms with E-state index in [0.29, 0.717) is 12.8 Å². The number of nitrogens with zero attached hydrogens (tertiary/aromatic N) is 1. The molecule has 2 atom stereocenters. The summed E-state index contributed by atoms with van der Waals surface area (Å²) in [6.07, 6.45) is 3.57. The second-order valence-electron chi connectivity index (χ2n) is 5.20. The maximum absolute atomic E-state index is 11.7. The molecule has 2 unspecified atom stereocenters. The number of rotatable bonds is 2. The predicted octanol–water partition coefficient (Wildman–Crippen LogP) is 1.49. The van der Waals surface area contributed by atoms with E-state index in [1.165, 1.54) is 0 Å². The minimum absolute atomic E-state index is 0.0421. The molecule has 0 radical (unpaired) electrons. The van der Waals surface area contributed by atoms with E-state index in [1.807, 2.05) is 13.8 Å². The minimum Gasteiger partial charge on any atom is -0.480 e. The van der Waals surface area contributed by atoms with Crippen LogP contribution < -0.4 is 0 Å². The van der Waals surface area contributed by atoms with Crippen LogP contribution in [0.25, 0.3) is 0 Å². The molecule has 16 heavy (non-hydrogen) atoms. The first kappa shape index (κ1) is 11.9. The Hall–Kier alpha value is -0.610. The molecular weight excluding hydrogens is 206 g/mol. The average Bonchev–Trinajstić information content (AvgIpc) is 2.68. The van der Waals surface area contributed by atoms with Crippen molar-refractivity contribution >= 4 is 5.97 Å². The quantitative estimate of drug-likeness (QED) is 0.776. The molecule has 0 aliphatic carbocycles. The van der Waals surface area contributed by atoms with E-state index in [0.717, 1.165) is 25.9 Å². The normalized spacial score (nSPS) is 41.1. The van der Waals surface area contributed by atoms with Crippen LogP contribution in [0.2, 0.25) is 0 Å². The van der Waals surface area contributed by atoms with Gasteiger partial charge in [0.05, 0.1) is 12.2 Å². The number of aliphatic carboxylic acids is 1. The molecule has 0 amide bonds. The van der Waals surface area contributed by atoms with Gasteiger partial charge in [0.15, 0.2) is 0 Å². The lowest BCUT2D eigenvalue weighted by Crippen LogP contribution is -2.59. The summed E-state index contributed by atoms with van der Waals surface area (Å²) in [5.74, 6) is -0.670. The fourth-order valence-electron chi connectivity index (χ4n) is 3.24. The molecule has 0 spiro atoms. The molecule has 0 aromatic carbocycles. The van der Waals surface area contributed by atoms with Crippen molar-refractivity contribution in [3.05, 3.63) is 0 Å². The number of carbonyl (C=O) groups is 1. The summed E-state index contributed by atoms with van der Waals surface area (Å²) in [4.78, 5) is 13.8. The first-order chi connectivity index (χ1) is 7.54. The van der Waals surface area contributed by atoms with Crippen molar-refractivity contribution in [3.8, 4) is 0 Å². The molecule has 2 heterocycles. The molecule has 2 fully saturated rings. The summed E-state index contributed by atoms with van der Waals surface area (Å²) in [7, 11) is 0. The van der Waals surface area contributed by atoms with Gasteiger partial charge in [-0.05, 0) is 39.8 Å². The van der Waals surface area contributed by atoms with Crippen LogP contribution in [0.15, 0.2) is 0 Å². The van der Waals surface area contributed by atoms with Crippen molar-refractivity contribution in [1.29, 1.82) is 0 Å². The van der Waals surface area contributed by atoms with Crippen LogP contribution in [0.4, 0.5) is 0 Å². The van der Waals surface area contributed by atoms with Gasteiger partial charge in [0.2, 0.25) is 0 Å². The average molecular weight is 227 g/mol. The molecule has 2 rings (SSSR count). The summed E-state index contributed by atoms with van der Waals surface area (Å²) in [6.45, 7) is 5.80. The van der Waals surface area contributed by atoms with Crippen LogP contribution in [-0.2, 0) is 9.53 Å². The van der Waals surface area contributed by atoms with Gasteiger partial charge in [0, 0.05) is 12.8 Å². The lowest BCUT2D eigenvalue weighted by Gasteiger charge is -2.45. The SMILES string of the molecule is CC1CC(C(=O)O)(N2CCCC2)CC(C)O1. The molecule has 2 aliphatic heterocycles. The predicted molar refractivity (Wildman–Crippen MR) is 60.4 cm³/mol. The Morgan fingerprint density at radius 1 is 1.25 bits per heavy atom. The number of ether oxygens (including phenoxy) is 1. The zero-order valence-corrected chi connectivity index (χ0v) is 10.1. The molecule has 4 heteroatoms. The van der Waals surface area contributed by atoms with Crippen molar-refractivity contribution in [2.75, 3.05) is 13.1 Å². The van der Waals surface area contributed by atoms with E-state index in [-0.39, 0.29) is 12.2 Å². The highest BCUT2D eigenvalue weighted by Gasteiger charge is 2.49. The molecule has 2 aliphatic rings. The van der Waals surface area contributed by atoms with Gasteiger partial charge >= 0.3 is 5.97 Å². The zero-order valence-electron chi connectivity index (χ0n) is 10.1. The highest BCUT2D eigenvalue weighted by atomic mass is 16.5. The van der Waals surface area contributed by atoms with Crippen LogP contribution in [0.1, 0.15) is 39.5 Å². The molecule has 2 saturated heterocycles. The summed E-state index contributed by atoms with van der Waals surface area (Å²) in [5, 5.41) is 9.59. The Morgan fingerprint density at radius 3 is 2.19 bits per heavy atom. The Morgan fingerprint density at radius 2 is 1.75 bits per heavy atom. The van der Waals surface area contributed by atoms with E-state index < -0.39 is 11.5 Å². The topological polar surface area (TPSA) is 49.8 Å². The first-order valence-corrected chi connectivity index (χ1v) is 6.18. The Bertz CT molecular complexity index is 263. The molecular formula is C12H21NO3. The lowest BCUT2D eigenvalue weighted by atomic mass is 9.82. The van der Waals surface area contributed by atoms with Crippen LogP contribution in [0, 0.1) is 0 Å². The van der Waals surface area contributed by atoms with Gasteiger partial charge in [-0.25, -0.2) is 0 Å². The van der Waals surface area contributed by atoms with Crippen LogP contribution in [-0.4, -0.2) is 46.8 Å². The molecule has 92 valence electrons. The first-order valence-electron chi connectivity index (χ1n) is 6.18. The van der Waals surface area contributed by atoms with Gasteiger partial charge in [-0.2, -0.15) is 0 Å². The highest BCUT2D eigenvalue weighted by Crippen LogP contribution is 2.36. The third-order valence-corrected chi connectivity index (χ3v) is 3.82. The van der Waals surface area contributed by atoms with Crippen molar-refractivity contribution in [2.24, 2.45) is 0 Å². The largest absolute Gasteiger partial charge is 0.480 e. The van der Waals surface area contributed by atoms with E-state index >= 15 is 0 Å². The number of carboxylic acid groups (broad SMARTS) is 1. The van der Waals surface area contributed by atoms with Crippen molar-refractivity contribution in [2.45, 2.75) is 57.3 Å². The summed E-state index contributed by atoms with van der Waals surface area (Å²) in [5.41, 5.74) is -0.673. The summed E-state index contributed by atoms with van der Waals surface area (Å²) >= 11 is 0. The minimum atomic E-state index is -0.673. The molecule has 0 aromatic heterocycles. The van der Waals surface area contributed by atoms with Gasteiger partial charge in [0.1, 0.15) is 5.54 Å². The Kier molecular flexibility index (Phi) is 3.22. The van der Waals surface area contributed by atoms with Crippen LogP contribution in [0.3, 0.4) is 0 Å². The van der Waals surface area contributed by atoms with Crippen molar-refractivity contribution in [3.63, 3.8) is 0 Å². The maximum atomic E-state index is 11.7. The number of hydrogen-bond donors (Lipinski definition) is 1. The summed E-state index contributed by atoms with van der Waals surface area (Å²) < 4.78 is 5.66. The monoisotopic (exact) mass is 227 g/mol. The van der Waals surface area contributed by atoms with E-state index in [1.54, 1.807) is 0 Å². The van der Waals surface area contributed by atoms with Gasteiger partial charge in [0.25, 0.3) is 0 Å². The van der Waals surface area contributed by atoms with Gasteiger partial charge in [-0.15, -0.1) is 0 Å². The second-order valence-corrected chi connectivity index (χ2v) is 5.20. The van der Waals surface area contributed by atoms with Crippen molar-refractivity contribution < 1.29 is 14.6 Å². The zero-order chi connectivity index (χ0) is 11.8. The van der Waals surface area contributed by atoms with Gasteiger partial charge in [-0.1, -0.05) is 0 Å². The van der Waals surface area contributed by atoms with E-state index in [4.69, 9.17) is 4.74 Å². The molecule has 0 saturated carbocycles. The Balaban J connectivity index is 2.23. The third-order valence-electron chi connectivity index (χ3n) is 3.82. The maximum Gasteiger partial charge on any atom is 0.324 e. The fraction of sp³-hybridized carbons (Fsp3) is 0.917. The van der Waals surface area contributed by atoms with Gasteiger partial charge in [-0.3, -0.25) is 9.69 Å². The molecule has 1 N–H and O–H groups in total. The molecule has 0 bridgehead atoms. The highest BCUT2D eigenvalue weighted by molar-refractivity contribution is 5.79. The van der Waals surface area contributed by atoms with E-state index in [2.05, 4.69) is 4.90 Å². The lowest BCUT2D eigenvalue weighted by molar-refractivity contribution is -0.167. The number of carboxylic acids is 1. The standard InChI is InChI=1S/C12H21NO3/c1-9-7-12(11(14)15,8-10(2)16-9)13-5-3-4-6-13/h9-10H,3-8H2,1-2H3,(H,14,15). The third kappa shape index (κ3) is 1.96. The van der Waals surface area contributed by atoms with Crippen molar-refractivity contribution in [1.82, 2.24) is 4.90 Å². The van der Waals surface area contributed by atoms with Crippen LogP contribution >= 0.6 is 0 Å². The Labute approximate surface area is 96.6 Å². The summed E-state index contributed by atoms with van der Waals surface area (Å²) in [6, 6.07) is 0. The van der Waals surface area contributed by atoms with Crippen LogP contribution in [0.5, 0.6) is 0 Å². The van der Waals surface area contributed by atoms with E-state index in [9.17, 15) is 9.90 Å². The number of likely N-dealkylation sites (tertiary alicyclic amines) is 1. The smallest absolute Gasteiger partial charge is 0.324 e. The fourth-order valence-corrected chi connectivity index (χ4v) is 3.24. The molecule has 0 aromatic rings. The second kappa shape index (κ2) is 4.34. The molecule has 4 nitrogen and oxygen atoms in total. The van der Waals surface area contributed by atoms with Gasteiger partial charge < -0.3 is 9.84 Å².